The third-order valence-corrected chi connectivity index (χ3v) is 3.47. The molecule has 0 radical (unpaired) electrons. The van der Waals surface area contributed by atoms with Crippen molar-refractivity contribution >= 4 is 17.6 Å². The Kier molecular flexibility index (Phi) is 5.84. The van der Waals surface area contributed by atoms with E-state index in [2.05, 4.69) is 5.32 Å². The normalized spacial score (nSPS) is 10.0. The van der Waals surface area contributed by atoms with Crippen LogP contribution >= 0.6 is 0 Å². The van der Waals surface area contributed by atoms with Crippen LogP contribution in [0.15, 0.2) is 36.4 Å². The number of hydrogen-bond donors (Lipinski definition) is 2. The number of esters is 1. The van der Waals surface area contributed by atoms with Gasteiger partial charge in [0, 0.05) is 6.07 Å². The molecule has 2 aromatic rings. The monoisotopic (exact) mass is 345 g/mol. The highest BCUT2D eigenvalue weighted by Gasteiger charge is 2.16. The van der Waals surface area contributed by atoms with Crippen LogP contribution in [0.3, 0.4) is 0 Å². The third-order valence-electron chi connectivity index (χ3n) is 3.47. The molecule has 0 aliphatic rings. The van der Waals surface area contributed by atoms with Crippen LogP contribution < -0.4 is 14.8 Å². The standard InChI is InChI=1S/C18H19NO6/c1-11-5-4-6-13(17(11)21)18(22)25-10-16(20)19-14-8-7-12(23-2)9-15(14)24-3/h4-9,21H,10H2,1-3H3,(H,19,20). The van der Waals surface area contributed by atoms with Crippen molar-refractivity contribution in [3.63, 3.8) is 0 Å². The van der Waals surface area contributed by atoms with Crippen LogP contribution in [-0.4, -0.2) is 37.8 Å². The molecule has 25 heavy (non-hydrogen) atoms. The summed E-state index contributed by atoms with van der Waals surface area (Å²) in [5.74, 6) is -0.488. The van der Waals surface area contributed by atoms with E-state index >= 15 is 0 Å². The lowest BCUT2D eigenvalue weighted by Gasteiger charge is -2.12. The fourth-order valence-electron chi connectivity index (χ4n) is 2.12. The molecule has 0 saturated heterocycles. The van der Waals surface area contributed by atoms with Crippen LogP contribution in [0.1, 0.15) is 15.9 Å². The summed E-state index contributed by atoms with van der Waals surface area (Å²) >= 11 is 0. The average Bonchev–Trinajstić information content (AvgIpc) is 2.62. The molecule has 0 heterocycles. The van der Waals surface area contributed by atoms with Gasteiger partial charge in [0.05, 0.1) is 19.9 Å². The lowest BCUT2D eigenvalue weighted by Crippen LogP contribution is -2.21. The number of phenolic OH excluding ortho intramolecular Hbond substituents is 1. The van der Waals surface area contributed by atoms with E-state index in [0.29, 0.717) is 22.7 Å². The molecule has 7 nitrogen and oxygen atoms in total. The van der Waals surface area contributed by atoms with E-state index in [1.54, 1.807) is 37.3 Å². The number of amides is 1. The van der Waals surface area contributed by atoms with Crippen molar-refractivity contribution in [1.82, 2.24) is 0 Å². The molecule has 2 aromatic carbocycles. The first-order chi connectivity index (χ1) is 12.0. The molecule has 2 N–H and O–H groups in total. The molecule has 0 saturated carbocycles. The molecular formula is C18H19NO6. The minimum atomic E-state index is -0.780. The van der Waals surface area contributed by atoms with E-state index in [0.717, 1.165) is 0 Å². The van der Waals surface area contributed by atoms with E-state index in [4.69, 9.17) is 14.2 Å². The second kappa shape index (κ2) is 8.05. The number of carbonyl (C=O) groups is 2. The summed E-state index contributed by atoms with van der Waals surface area (Å²) in [5.41, 5.74) is 0.972. The van der Waals surface area contributed by atoms with Gasteiger partial charge in [-0.25, -0.2) is 4.79 Å². The molecule has 2 rings (SSSR count). The number of hydrogen-bond acceptors (Lipinski definition) is 6. The van der Waals surface area contributed by atoms with Gasteiger partial charge in [-0.3, -0.25) is 4.79 Å². The number of phenols is 1. The van der Waals surface area contributed by atoms with E-state index in [-0.39, 0.29) is 11.3 Å². The Labute approximate surface area is 145 Å². The Morgan fingerprint density at radius 2 is 1.88 bits per heavy atom. The van der Waals surface area contributed by atoms with Crippen LogP contribution in [0.25, 0.3) is 0 Å². The van der Waals surface area contributed by atoms with Crippen LogP contribution in [0.2, 0.25) is 0 Å². The molecular weight excluding hydrogens is 326 g/mol. The summed E-state index contributed by atoms with van der Waals surface area (Å²) in [6.45, 7) is 1.16. The number of nitrogens with one attached hydrogen (secondary N) is 1. The van der Waals surface area contributed by atoms with Gasteiger partial charge in [-0.1, -0.05) is 12.1 Å². The topological polar surface area (TPSA) is 94.1 Å². The molecule has 7 heteroatoms. The predicted octanol–water partition coefficient (Wildman–Crippen LogP) is 2.51. The lowest BCUT2D eigenvalue weighted by molar-refractivity contribution is -0.119. The first-order valence-corrected chi connectivity index (χ1v) is 7.44. The quantitative estimate of drug-likeness (QED) is 0.781. The summed E-state index contributed by atoms with van der Waals surface area (Å²) in [6, 6.07) is 9.60. The number of para-hydroxylation sites is 1. The van der Waals surface area contributed by atoms with E-state index in [1.807, 2.05) is 0 Å². The largest absolute Gasteiger partial charge is 0.507 e. The van der Waals surface area contributed by atoms with Crippen molar-refractivity contribution < 1.29 is 28.9 Å². The molecule has 0 aliphatic heterocycles. The van der Waals surface area contributed by atoms with Gasteiger partial charge in [0.2, 0.25) is 0 Å². The summed E-state index contributed by atoms with van der Waals surface area (Å²) in [5, 5.41) is 12.4. The van der Waals surface area contributed by atoms with Crippen LogP contribution in [0.5, 0.6) is 17.2 Å². The molecule has 0 unspecified atom stereocenters. The molecule has 0 bridgehead atoms. The summed E-state index contributed by atoms with van der Waals surface area (Å²) in [6.07, 6.45) is 0. The summed E-state index contributed by atoms with van der Waals surface area (Å²) in [7, 11) is 2.98. The van der Waals surface area contributed by atoms with Gasteiger partial charge in [0.15, 0.2) is 6.61 Å². The van der Waals surface area contributed by atoms with Crippen molar-refractivity contribution in [2.24, 2.45) is 0 Å². The Bertz CT molecular complexity index is 787. The van der Waals surface area contributed by atoms with Gasteiger partial charge in [-0.05, 0) is 30.7 Å². The van der Waals surface area contributed by atoms with Crippen molar-refractivity contribution in [2.45, 2.75) is 6.92 Å². The Hall–Kier alpha value is -3.22. The second-order valence-electron chi connectivity index (χ2n) is 5.16. The van der Waals surface area contributed by atoms with Crippen molar-refractivity contribution in [2.75, 3.05) is 26.1 Å². The zero-order valence-electron chi connectivity index (χ0n) is 14.2. The smallest absolute Gasteiger partial charge is 0.342 e. The number of carbonyl (C=O) groups excluding carboxylic acids is 2. The fourth-order valence-corrected chi connectivity index (χ4v) is 2.12. The highest BCUT2D eigenvalue weighted by Crippen LogP contribution is 2.29. The average molecular weight is 345 g/mol. The number of ether oxygens (including phenoxy) is 3. The number of rotatable bonds is 6. The van der Waals surface area contributed by atoms with Crippen molar-refractivity contribution in [3.05, 3.63) is 47.5 Å². The lowest BCUT2D eigenvalue weighted by atomic mass is 10.1. The van der Waals surface area contributed by atoms with Gasteiger partial charge in [-0.15, -0.1) is 0 Å². The van der Waals surface area contributed by atoms with E-state index < -0.39 is 18.5 Å². The van der Waals surface area contributed by atoms with Crippen molar-refractivity contribution in [1.29, 1.82) is 0 Å². The third kappa shape index (κ3) is 4.41. The first-order valence-electron chi connectivity index (χ1n) is 7.44. The predicted molar refractivity (Wildman–Crippen MR) is 91.3 cm³/mol. The SMILES string of the molecule is COc1ccc(NC(=O)COC(=O)c2cccc(C)c2O)c(OC)c1. The highest BCUT2D eigenvalue weighted by atomic mass is 16.5. The second-order valence-corrected chi connectivity index (χ2v) is 5.16. The maximum atomic E-state index is 12.0. The molecule has 132 valence electrons. The number of aryl methyl sites for hydroxylation is 1. The zero-order valence-corrected chi connectivity index (χ0v) is 14.2. The molecule has 0 spiro atoms. The van der Waals surface area contributed by atoms with Gasteiger partial charge < -0.3 is 24.6 Å². The van der Waals surface area contributed by atoms with Crippen LogP contribution in [0, 0.1) is 6.92 Å². The summed E-state index contributed by atoms with van der Waals surface area (Å²) in [4.78, 5) is 24.0. The van der Waals surface area contributed by atoms with E-state index in [1.165, 1.54) is 20.3 Å². The van der Waals surface area contributed by atoms with Gasteiger partial charge in [0.1, 0.15) is 22.8 Å². The molecule has 1 amide bonds. The zero-order chi connectivity index (χ0) is 18.4. The number of aromatic hydroxyl groups is 1. The minimum Gasteiger partial charge on any atom is -0.507 e. The summed E-state index contributed by atoms with van der Waals surface area (Å²) < 4.78 is 15.2. The molecule has 0 atom stereocenters. The molecule has 0 aromatic heterocycles. The van der Waals surface area contributed by atoms with Gasteiger partial charge >= 0.3 is 5.97 Å². The van der Waals surface area contributed by atoms with Crippen molar-refractivity contribution in [3.8, 4) is 17.2 Å². The maximum absolute atomic E-state index is 12.0. The van der Waals surface area contributed by atoms with Gasteiger partial charge in [0.25, 0.3) is 5.91 Å². The van der Waals surface area contributed by atoms with Gasteiger partial charge in [-0.2, -0.15) is 0 Å². The Morgan fingerprint density at radius 3 is 2.56 bits per heavy atom. The maximum Gasteiger partial charge on any atom is 0.342 e. The Morgan fingerprint density at radius 1 is 1.12 bits per heavy atom. The number of anilines is 1. The van der Waals surface area contributed by atoms with E-state index in [9.17, 15) is 14.7 Å². The van der Waals surface area contributed by atoms with Crippen LogP contribution in [-0.2, 0) is 9.53 Å². The molecule has 0 fully saturated rings. The highest BCUT2D eigenvalue weighted by molar-refractivity contribution is 5.97. The number of benzene rings is 2. The van der Waals surface area contributed by atoms with Crippen LogP contribution in [0.4, 0.5) is 5.69 Å². The molecule has 0 aliphatic carbocycles. The minimum absolute atomic E-state index is 0.00910. The fraction of sp³-hybridized carbons (Fsp3) is 0.222. The first kappa shape index (κ1) is 18.1. The Balaban J connectivity index is 1.99. The number of methoxy groups -OCH3 is 2.